The van der Waals surface area contributed by atoms with Crippen molar-refractivity contribution < 1.29 is 0 Å². The molecule has 0 bridgehead atoms. The molecule has 0 spiro atoms. The molecular formula is C7H5Cl2S2. The molecule has 0 aliphatic carbocycles. The summed E-state index contributed by atoms with van der Waals surface area (Å²) in [5.41, 5.74) is 0.930. The van der Waals surface area contributed by atoms with E-state index in [2.05, 4.69) is 6.92 Å². The maximum atomic E-state index is 5.59. The Morgan fingerprint density at radius 1 is 1.18 bits per heavy atom. The Balaban J connectivity index is 3.02. The lowest BCUT2D eigenvalue weighted by Gasteiger charge is -2.00. The summed E-state index contributed by atoms with van der Waals surface area (Å²) in [6, 6.07) is 5.73. The highest BCUT2D eigenvalue weighted by Crippen LogP contribution is 2.31. The molecule has 0 unspecified atom stereocenters. The zero-order valence-corrected chi connectivity index (χ0v) is 8.66. The predicted octanol–water partition coefficient (Wildman–Crippen LogP) is 4.36. The van der Waals surface area contributed by atoms with Gasteiger partial charge in [0, 0.05) is 9.79 Å². The fourth-order valence-corrected chi connectivity index (χ4v) is 2.07. The van der Waals surface area contributed by atoms with Crippen molar-refractivity contribution in [1.82, 2.24) is 0 Å². The van der Waals surface area contributed by atoms with Gasteiger partial charge in [-0.05, 0) is 67.9 Å². The van der Waals surface area contributed by atoms with E-state index in [-0.39, 0.29) is 0 Å². The van der Waals surface area contributed by atoms with E-state index < -0.39 is 0 Å². The number of hydrogen-bond acceptors (Lipinski definition) is 2. The van der Waals surface area contributed by atoms with Crippen LogP contribution in [0.5, 0.6) is 0 Å². The molecule has 0 nitrogen and oxygen atoms in total. The molecule has 0 saturated carbocycles. The van der Waals surface area contributed by atoms with Crippen LogP contribution in [0, 0.1) is 6.92 Å². The first-order chi connectivity index (χ1) is 5.27. The van der Waals surface area contributed by atoms with Crippen LogP contribution in [0.15, 0.2) is 28.0 Å². The highest BCUT2D eigenvalue weighted by molar-refractivity contribution is 8.21. The topological polar surface area (TPSA) is 0 Å². The molecule has 1 rings (SSSR count). The van der Waals surface area contributed by atoms with Crippen molar-refractivity contribution in [2.24, 2.45) is 0 Å². The monoisotopic (exact) mass is 223 g/mol. The van der Waals surface area contributed by atoms with E-state index in [0.717, 1.165) is 26.3 Å². The summed E-state index contributed by atoms with van der Waals surface area (Å²) in [5.74, 6) is 0. The first-order valence-corrected chi connectivity index (χ1v) is 6.09. The summed E-state index contributed by atoms with van der Waals surface area (Å²) in [7, 11) is 13.5. The van der Waals surface area contributed by atoms with Gasteiger partial charge in [0.05, 0.1) is 0 Å². The first-order valence-electron chi connectivity index (χ1n) is 2.81. The minimum Gasteiger partial charge on any atom is -0.0567 e. The van der Waals surface area contributed by atoms with Crippen LogP contribution in [0.2, 0.25) is 0 Å². The molecule has 0 amide bonds. The molecule has 1 aromatic carbocycles. The second kappa shape index (κ2) is 4.51. The van der Waals surface area contributed by atoms with Crippen LogP contribution in [0.4, 0.5) is 0 Å². The van der Waals surface area contributed by atoms with Crippen molar-refractivity contribution in [2.45, 2.75) is 9.79 Å². The van der Waals surface area contributed by atoms with Gasteiger partial charge in [0.1, 0.15) is 0 Å². The summed E-state index contributed by atoms with van der Waals surface area (Å²) in [4.78, 5) is 1.94. The highest BCUT2D eigenvalue weighted by Gasteiger charge is 1.99. The standard InChI is InChI=1S/C7H5Cl2S2/c1-5-2-3-6(10-8)4-7(5)11-9/h2-4H,1H2. The van der Waals surface area contributed by atoms with E-state index in [0.29, 0.717) is 0 Å². The fourth-order valence-electron chi connectivity index (χ4n) is 0.655. The van der Waals surface area contributed by atoms with Gasteiger partial charge in [-0.15, -0.1) is 0 Å². The smallest absolute Gasteiger partial charge is 0.0277 e. The molecule has 4 heteroatoms. The van der Waals surface area contributed by atoms with Crippen molar-refractivity contribution in [3.63, 3.8) is 0 Å². The highest BCUT2D eigenvalue weighted by atomic mass is 35.7. The SMILES string of the molecule is [CH2]c1ccc(SCl)cc1SCl. The zero-order valence-electron chi connectivity index (χ0n) is 5.51. The van der Waals surface area contributed by atoms with E-state index in [4.69, 9.17) is 21.4 Å². The number of halogens is 2. The predicted molar refractivity (Wildman–Crippen MR) is 54.3 cm³/mol. The molecule has 0 N–H and O–H groups in total. The molecule has 1 aromatic rings. The van der Waals surface area contributed by atoms with Gasteiger partial charge >= 0.3 is 0 Å². The third-order valence-corrected chi connectivity index (χ3v) is 3.22. The van der Waals surface area contributed by atoms with Gasteiger partial charge in [0.2, 0.25) is 0 Å². The van der Waals surface area contributed by atoms with Gasteiger partial charge in [-0.2, -0.15) is 0 Å². The van der Waals surface area contributed by atoms with Crippen LogP contribution in [-0.4, -0.2) is 0 Å². The second-order valence-corrected chi connectivity index (χ2v) is 4.07. The van der Waals surface area contributed by atoms with Gasteiger partial charge in [-0.3, -0.25) is 0 Å². The van der Waals surface area contributed by atoms with Crippen molar-refractivity contribution in [3.8, 4) is 0 Å². The van der Waals surface area contributed by atoms with E-state index in [1.165, 1.54) is 11.0 Å². The van der Waals surface area contributed by atoms with Crippen LogP contribution in [0.25, 0.3) is 0 Å². The van der Waals surface area contributed by atoms with E-state index in [9.17, 15) is 0 Å². The molecule has 0 saturated heterocycles. The van der Waals surface area contributed by atoms with Gasteiger partial charge in [0.15, 0.2) is 0 Å². The average molecular weight is 224 g/mol. The maximum absolute atomic E-state index is 5.59. The van der Waals surface area contributed by atoms with Crippen molar-refractivity contribution in [1.29, 1.82) is 0 Å². The van der Waals surface area contributed by atoms with E-state index in [1.807, 2.05) is 18.2 Å². The minimum absolute atomic E-state index is 0.930. The van der Waals surface area contributed by atoms with Crippen LogP contribution in [0.1, 0.15) is 5.56 Å². The van der Waals surface area contributed by atoms with Crippen molar-refractivity contribution >= 4 is 43.3 Å². The molecule has 0 atom stereocenters. The molecule has 11 heavy (non-hydrogen) atoms. The average Bonchev–Trinajstić information content (AvgIpc) is 2.05. The van der Waals surface area contributed by atoms with Crippen LogP contribution < -0.4 is 0 Å². The Morgan fingerprint density at radius 2 is 1.91 bits per heavy atom. The Kier molecular flexibility index (Phi) is 3.93. The second-order valence-electron chi connectivity index (χ2n) is 1.92. The van der Waals surface area contributed by atoms with E-state index in [1.54, 1.807) is 0 Å². The van der Waals surface area contributed by atoms with Crippen LogP contribution in [0.3, 0.4) is 0 Å². The molecule has 0 aliphatic rings. The lowest BCUT2D eigenvalue weighted by molar-refractivity contribution is 1.30. The van der Waals surface area contributed by atoms with E-state index >= 15 is 0 Å². The molecule has 1 radical (unpaired) electrons. The lowest BCUT2D eigenvalue weighted by Crippen LogP contribution is -1.76. The quantitative estimate of drug-likeness (QED) is 0.731. The molecule has 59 valence electrons. The van der Waals surface area contributed by atoms with Crippen molar-refractivity contribution in [2.75, 3.05) is 0 Å². The Morgan fingerprint density at radius 3 is 2.45 bits per heavy atom. The van der Waals surface area contributed by atoms with Crippen LogP contribution in [-0.2, 0) is 0 Å². The summed E-state index contributed by atoms with van der Waals surface area (Å²) in [5, 5.41) is 0. The lowest BCUT2D eigenvalue weighted by atomic mass is 10.2. The number of rotatable bonds is 2. The van der Waals surface area contributed by atoms with Gasteiger partial charge in [0.25, 0.3) is 0 Å². The van der Waals surface area contributed by atoms with Crippen LogP contribution >= 0.6 is 43.3 Å². The van der Waals surface area contributed by atoms with Gasteiger partial charge in [-0.1, -0.05) is 6.07 Å². The Labute approximate surface area is 83.7 Å². The maximum Gasteiger partial charge on any atom is 0.0277 e. The largest absolute Gasteiger partial charge is 0.0567 e. The normalized spacial score (nSPS) is 10.1. The molecule has 0 aromatic heterocycles. The van der Waals surface area contributed by atoms with Crippen molar-refractivity contribution in [3.05, 3.63) is 30.7 Å². The summed E-state index contributed by atoms with van der Waals surface area (Å²) in [6.45, 7) is 3.81. The third kappa shape index (κ3) is 2.48. The molecule has 0 heterocycles. The first kappa shape index (κ1) is 9.59. The minimum atomic E-state index is 0.930. The molecule has 0 fully saturated rings. The zero-order chi connectivity index (χ0) is 8.27. The molecule has 0 aliphatic heterocycles. The summed E-state index contributed by atoms with van der Waals surface area (Å²) in [6.07, 6.45) is 0. The third-order valence-electron chi connectivity index (χ3n) is 1.21. The number of hydrogen-bond donors (Lipinski definition) is 0. The molecular weight excluding hydrogens is 219 g/mol. The fraction of sp³-hybridized carbons (Fsp3) is 0. The Hall–Kier alpha value is 0.500. The Bertz CT molecular complexity index is 250. The van der Waals surface area contributed by atoms with Gasteiger partial charge in [-0.25, -0.2) is 0 Å². The summed E-state index contributed by atoms with van der Waals surface area (Å²) < 4.78 is 0. The summed E-state index contributed by atoms with van der Waals surface area (Å²) >= 11 is 0. The van der Waals surface area contributed by atoms with Gasteiger partial charge < -0.3 is 0 Å². The number of benzene rings is 1.